The first-order valence-electron chi connectivity index (χ1n) is 6.44. The minimum Gasteiger partial charge on any atom is -0.378 e. The molecule has 1 fully saturated rings. The number of hydrogen-bond donors (Lipinski definition) is 0. The number of halogens is 2. The van der Waals surface area contributed by atoms with E-state index >= 15 is 0 Å². The Labute approximate surface area is 136 Å². The highest BCUT2D eigenvalue weighted by Gasteiger charge is 2.27. The molecule has 0 spiro atoms. The number of amidine groups is 1. The van der Waals surface area contributed by atoms with E-state index in [9.17, 15) is 4.79 Å². The van der Waals surface area contributed by atoms with E-state index in [1.807, 2.05) is 6.07 Å². The first-order valence-corrected chi connectivity index (χ1v) is 8.01. The Hall–Kier alpha value is -1.01. The summed E-state index contributed by atoms with van der Waals surface area (Å²) in [5.74, 6) is -0.215. The molecule has 110 valence electrons. The molecule has 1 amide bonds. The van der Waals surface area contributed by atoms with Crippen molar-refractivity contribution in [2.75, 3.05) is 26.3 Å². The second-order valence-electron chi connectivity index (χ2n) is 4.58. The highest BCUT2D eigenvalue weighted by molar-refractivity contribution is 8.18. The minimum absolute atomic E-state index is 0.215. The third kappa shape index (κ3) is 3.43. The van der Waals surface area contributed by atoms with Crippen molar-refractivity contribution < 1.29 is 9.53 Å². The van der Waals surface area contributed by atoms with Crippen LogP contribution >= 0.6 is 35.0 Å². The molecule has 1 saturated heterocycles. The number of ether oxygens (including phenoxy) is 1. The maximum Gasteiger partial charge on any atom is 0.286 e. The molecule has 0 aromatic heterocycles. The van der Waals surface area contributed by atoms with E-state index in [1.165, 1.54) is 11.8 Å². The summed E-state index contributed by atoms with van der Waals surface area (Å²) >= 11 is 13.3. The highest BCUT2D eigenvalue weighted by Crippen LogP contribution is 2.31. The molecule has 0 N–H and O–H groups in total. The van der Waals surface area contributed by atoms with Gasteiger partial charge in [0.15, 0.2) is 5.17 Å². The van der Waals surface area contributed by atoms with Gasteiger partial charge in [0, 0.05) is 13.1 Å². The van der Waals surface area contributed by atoms with Crippen molar-refractivity contribution in [1.29, 1.82) is 0 Å². The van der Waals surface area contributed by atoms with Crippen LogP contribution in [0.25, 0.3) is 6.08 Å². The van der Waals surface area contributed by atoms with Gasteiger partial charge in [0.05, 0.1) is 28.2 Å². The van der Waals surface area contributed by atoms with Crippen LogP contribution < -0.4 is 0 Å². The van der Waals surface area contributed by atoms with E-state index < -0.39 is 0 Å². The van der Waals surface area contributed by atoms with Crippen molar-refractivity contribution in [1.82, 2.24) is 4.90 Å². The molecule has 2 aliphatic heterocycles. The van der Waals surface area contributed by atoms with Gasteiger partial charge >= 0.3 is 0 Å². The van der Waals surface area contributed by atoms with Crippen molar-refractivity contribution in [2.45, 2.75) is 0 Å². The lowest BCUT2D eigenvalue weighted by Crippen LogP contribution is -2.38. The van der Waals surface area contributed by atoms with Gasteiger partial charge in [0.2, 0.25) is 0 Å². The average Bonchev–Trinajstić information content (AvgIpc) is 2.85. The van der Waals surface area contributed by atoms with Gasteiger partial charge < -0.3 is 9.64 Å². The normalized spacial score (nSPS) is 21.0. The van der Waals surface area contributed by atoms with Gasteiger partial charge in [-0.15, -0.1) is 0 Å². The fraction of sp³-hybridized carbons (Fsp3) is 0.286. The van der Waals surface area contributed by atoms with E-state index in [-0.39, 0.29) is 5.91 Å². The molecule has 0 aliphatic carbocycles. The van der Waals surface area contributed by atoms with Crippen molar-refractivity contribution >= 4 is 52.1 Å². The molecule has 0 bridgehead atoms. The van der Waals surface area contributed by atoms with E-state index in [0.717, 1.165) is 23.8 Å². The molecule has 2 aliphatic rings. The highest BCUT2D eigenvalue weighted by atomic mass is 35.5. The number of rotatable bonds is 1. The topological polar surface area (TPSA) is 41.9 Å². The van der Waals surface area contributed by atoms with E-state index in [2.05, 4.69) is 9.89 Å². The monoisotopic (exact) mass is 342 g/mol. The number of benzene rings is 1. The molecule has 4 nitrogen and oxygen atoms in total. The van der Waals surface area contributed by atoms with Crippen LogP contribution in [0.1, 0.15) is 5.56 Å². The Bertz CT molecular complexity index is 640. The molecule has 2 heterocycles. The Balaban J connectivity index is 1.77. The summed E-state index contributed by atoms with van der Waals surface area (Å²) in [6, 6.07) is 5.27. The smallest absolute Gasteiger partial charge is 0.286 e. The lowest BCUT2D eigenvalue weighted by atomic mass is 10.2. The summed E-state index contributed by atoms with van der Waals surface area (Å²) in [5, 5.41) is 1.71. The number of hydrogen-bond acceptors (Lipinski definition) is 4. The van der Waals surface area contributed by atoms with Gasteiger partial charge in [-0.1, -0.05) is 29.3 Å². The minimum atomic E-state index is -0.215. The van der Waals surface area contributed by atoms with Gasteiger partial charge in [-0.05, 0) is 35.5 Å². The lowest BCUT2D eigenvalue weighted by Gasteiger charge is -2.27. The number of morpholine rings is 1. The predicted molar refractivity (Wildman–Crippen MR) is 86.9 cm³/mol. The number of nitrogens with zero attached hydrogens (tertiary/aromatic N) is 2. The van der Waals surface area contributed by atoms with Crippen molar-refractivity contribution in [3.05, 3.63) is 38.7 Å². The standard InChI is InChI=1S/C14H12Cl2N2O2S/c15-10-2-1-9(7-11(10)16)8-12-13(19)17-14(21-12)18-3-5-20-6-4-18/h1-2,7-8H,3-6H2/b12-8-. The Kier molecular flexibility index (Phi) is 4.54. The summed E-state index contributed by atoms with van der Waals surface area (Å²) in [5.41, 5.74) is 0.832. The van der Waals surface area contributed by atoms with Crippen LogP contribution in [0.2, 0.25) is 10.0 Å². The molecule has 0 atom stereocenters. The van der Waals surface area contributed by atoms with Crippen LogP contribution in [0.4, 0.5) is 0 Å². The van der Waals surface area contributed by atoms with E-state index in [1.54, 1.807) is 18.2 Å². The molecular formula is C14H12Cl2N2O2S. The zero-order valence-electron chi connectivity index (χ0n) is 11.0. The SMILES string of the molecule is O=C1N=C(N2CCOCC2)S/C1=C\c1ccc(Cl)c(Cl)c1. The largest absolute Gasteiger partial charge is 0.378 e. The third-order valence-electron chi connectivity index (χ3n) is 3.13. The number of thioether (sulfide) groups is 1. The lowest BCUT2D eigenvalue weighted by molar-refractivity contribution is -0.113. The summed E-state index contributed by atoms with van der Waals surface area (Å²) in [7, 11) is 0. The van der Waals surface area contributed by atoms with Gasteiger partial charge in [-0.2, -0.15) is 4.99 Å². The maximum absolute atomic E-state index is 12.0. The number of aliphatic imine (C=N–C) groups is 1. The second kappa shape index (κ2) is 6.40. The van der Waals surface area contributed by atoms with E-state index in [4.69, 9.17) is 27.9 Å². The number of carbonyl (C=O) groups is 1. The van der Waals surface area contributed by atoms with Crippen LogP contribution in [-0.4, -0.2) is 42.3 Å². The summed E-state index contributed by atoms with van der Waals surface area (Å²) in [6.07, 6.45) is 1.78. The van der Waals surface area contributed by atoms with Crippen LogP contribution in [-0.2, 0) is 9.53 Å². The molecule has 3 rings (SSSR count). The molecule has 0 saturated carbocycles. The molecule has 7 heteroatoms. The fourth-order valence-electron chi connectivity index (χ4n) is 2.04. The van der Waals surface area contributed by atoms with Crippen molar-refractivity contribution in [2.24, 2.45) is 4.99 Å². The first-order chi connectivity index (χ1) is 10.1. The van der Waals surface area contributed by atoms with Crippen molar-refractivity contribution in [3.8, 4) is 0 Å². The first kappa shape index (κ1) is 14.9. The van der Waals surface area contributed by atoms with Gasteiger partial charge in [0.1, 0.15) is 0 Å². The summed E-state index contributed by atoms with van der Waals surface area (Å²) in [4.78, 5) is 18.8. The number of carbonyl (C=O) groups excluding carboxylic acids is 1. The van der Waals surface area contributed by atoms with Crippen LogP contribution in [0, 0.1) is 0 Å². The molecule has 0 radical (unpaired) electrons. The van der Waals surface area contributed by atoms with Gasteiger partial charge in [-0.3, -0.25) is 4.79 Å². The van der Waals surface area contributed by atoms with Crippen LogP contribution in [0.3, 0.4) is 0 Å². The molecular weight excluding hydrogens is 331 g/mol. The maximum atomic E-state index is 12.0. The predicted octanol–water partition coefficient (Wildman–Crippen LogP) is 3.30. The fourth-order valence-corrected chi connectivity index (χ4v) is 3.31. The molecule has 21 heavy (non-hydrogen) atoms. The van der Waals surface area contributed by atoms with Crippen LogP contribution in [0.5, 0.6) is 0 Å². The number of amides is 1. The van der Waals surface area contributed by atoms with E-state index in [0.29, 0.717) is 28.2 Å². The van der Waals surface area contributed by atoms with Gasteiger partial charge in [0.25, 0.3) is 5.91 Å². The van der Waals surface area contributed by atoms with Crippen LogP contribution in [0.15, 0.2) is 28.1 Å². The second-order valence-corrected chi connectivity index (χ2v) is 6.41. The molecule has 1 aromatic carbocycles. The zero-order chi connectivity index (χ0) is 14.8. The molecule has 0 unspecified atom stereocenters. The summed E-state index contributed by atoms with van der Waals surface area (Å²) in [6.45, 7) is 2.86. The third-order valence-corrected chi connectivity index (χ3v) is 4.92. The zero-order valence-corrected chi connectivity index (χ0v) is 13.3. The molecule has 1 aromatic rings. The quantitative estimate of drug-likeness (QED) is 0.734. The average molecular weight is 343 g/mol. The Morgan fingerprint density at radius 3 is 2.71 bits per heavy atom. The summed E-state index contributed by atoms with van der Waals surface area (Å²) < 4.78 is 5.30. The Morgan fingerprint density at radius 2 is 2.00 bits per heavy atom. The van der Waals surface area contributed by atoms with Gasteiger partial charge in [-0.25, -0.2) is 0 Å². The van der Waals surface area contributed by atoms with Crippen molar-refractivity contribution in [3.63, 3.8) is 0 Å². The Morgan fingerprint density at radius 1 is 1.24 bits per heavy atom.